The molecule has 3 rings (SSSR count). The number of ether oxygens (including phenoxy) is 1. The average molecular weight is 567 g/mol. The highest BCUT2D eigenvalue weighted by Crippen LogP contribution is 2.34. The monoisotopic (exact) mass is 566 g/mol. The van der Waals surface area contributed by atoms with Crippen LogP contribution in [0.4, 0.5) is 29.3 Å². The number of benzene rings is 2. The van der Waals surface area contributed by atoms with Gasteiger partial charge < -0.3 is 26.4 Å². The summed E-state index contributed by atoms with van der Waals surface area (Å²) in [6.45, 7) is 5.34. The molecule has 3 amide bonds. The highest BCUT2D eigenvalue weighted by molar-refractivity contribution is 6.31. The molecule has 1 heterocycles. The van der Waals surface area contributed by atoms with Gasteiger partial charge in [-0.2, -0.15) is 18.3 Å². The lowest BCUT2D eigenvalue weighted by atomic mass is 10.1. The number of nitrogen functional groups attached to an aromatic ring is 1. The maximum atomic E-state index is 14.0. The number of amides is 3. The first-order chi connectivity index (χ1) is 18.1. The third kappa shape index (κ3) is 8.11. The number of anilines is 2. The van der Waals surface area contributed by atoms with Crippen molar-refractivity contribution < 1.29 is 32.3 Å². The molecule has 2 aromatic carbocycles. The van der Waals surface area contributed by atoms with Crippen LogP contribution in [0, 0.1) is 0 Å². The number of alkyl carbamates (subject to hydrolysis) is 1. The average Bonchev–Trinajstić information content (AvgIpc) is 3.26. The van der Waals surface area contributed by atoms with Gasteiger partial charge in [0.2, 0.25) is 0 Å². The highest BCUT2D eigenvalue weighted by Gasteiger charge is 2.40. The van der Waals surface area contributed by atoms with E-state index < -0.39 is 40.9 Å². The second-order valence-corrected chi connectivity index (χ2v) is 9.71. The van der Waals surface area contributed by atoms with Gasteiger partial charge in [-0.05, 0) is 63.2 Å². The maximum absolute atomic E-state index is 14.0. The van der Waals surface area contributed by atoms with E-state index in [4.69, 9.17) is 22.1 Å². The molecule has 0 aliphatic rings. The van der Waals surface area contributed by atoms with E-state index in [0.29, 0.717) is 4.68 Å². The van der Waals surface area contributed by atoms with Gasteiger partial charge in [0.15, 0.2) is 5.69 Å². The summed E-state index contributed by atoms with van der Waals surface area (Å²) in [5.41, 5.74) is 3.44. The molecule has 0 unspecified atom stereocenters. The molecule has 0 bridgehead atoms. The van der Waals surface area contributed by atoms with Crippen molar-refractivity contribution in [1.82, 2.24) is 20.4 Å². The lowest BCUT2D eigenvalue weighted by Gasteiger charge is -2.19. The first kappa shape index (κ1) is 29.3. The predicted octanol–water partition coefficient (Wildman–Crippen LogP) is 4.63. The number of nitrogens with one attached hydrogen (secondary N) is 3. The van der Waals surface area contributed by atoms with Crippen molar-refractivity contribution in [1.29, 1.82) is 0 Å². The first-order valence-corrected chi connectivity index (χ1v) is 11.9. The van der Waals surface area contributed by atoms with E-state index in [2.05, 4.69) is 21.0 Å². The molecule has 0 saturated carbocycles. The van der Waals surface area contributed by atoms with Gasteiger partial charge in [-0.15, -0.1) is 0 Å². The number of carbonyl (C=O) groups excluding carboxylic acids is 3. The van der Waals surface area contributed by atoms with Gasteiger partial charge in [0.25, 0.3) is 11.8 Å². The zero-order chi connectivity index (χ0) is 29.0. The summed E-state index contributed by atoms with van der Waals surface area (Å²) in [5, 5.41) is 11.4. The molecule has 0 saturated heterocycles. The lowest BCUT2D eigenvalue weighted by Crippen LogP contribution is -2.37. The van der Waals surface area contributed by atoms with Crippen molar-refractivity contribution in [3.05, 3.63) is 70.5 Å². The van der Waals surface area contributed by atoms with Gasteiger partial charge in [0.05, 0.1) is 17.4 Å². The standard InChI is InChI=1S/C25H26ClF3N6O4/c1-24(2,3)39-23(38)32-9-8-31-21(36)14-4-6-18(7-5-14)35-20(25(27,28)29)19(13-33-35)22(37)34-17-11-15(26)10-16(30)12-17/h4-7,10-13H,8-9,30H2,1-3H3,(H,31,36)(H,32,38)(H,34,37). The molecule has 0 spiro atoms. The molecule has 0 aliphatic heterocycles. The minimum Gasteiger partial charge on any atom is -0.444 e. The summed E-state index contributed by atoms with van der Waals surface area (Å²) in [6, 6.07) is 9.24. The fourth-order valence-corrected chi connectivity index (χ4v) is 3.62. The van der Waals surface area contributed by atoms with Gasteiger partial charge >= 0.3 is 12.3 Å². The molecule has 3 aromatic rings. The van der Waals surface area contributed by atoms with Crippen LogP contribution in [0.25, 0.3) is 5.69 Å². The summed E-state index contributed by atoms with van der Waals surface area (Å²) in [6.07, 6.45) is -4.77. The van der Waals surface area contributed by atoms with Crippen molar-refractivity contribution in [2.24, 2.45) is 0 Å². The summed E-state index contributed by atoms with van der Waals surface area (Å²) in [7, 11) is 0. The topological polar surface area (TPSA) is 140 Å². The fourth-order valence-electron chi connectivity index (χ4n) is 3.38. The summed E-state index contributed by atoms with van der Waals surface area (Å²) in [5.74, 6) is -1.57. The molecule has 208 valence electrons. The van der Waals surface area contributed by atoms with Crippen LogP contribution in [-0.2, 0) is 10.9 Å². The second-order valence-electron chi connectivity index (χ2n) is 9.28. The van der Waals surface area contributed by atoms with E-state index >= 15 is 0 Å². The SMILES string of the molecule is CC(C)(C)OC(=O)NCCNC(=O)c1ccc(-n2ncc(C(=O)Nc3cc(N)cc(Cl)c3)c2C(F)(F)F)cc1. The van der Waals surface area contributed by atoms with Crippen LogP contribution < -0.4 is 21.7 Å². The lowest BCUT2D eigenvalue weighted by molar-refractivity contribution is -0.143. The van der Waals surface area contributed by atoms with Crippen LogP contribution in [0.2, 0.25) is 5.02 Å². The van der Waals surface area contributed by atoms with Crippen molar-refractivity contribution >= 4 is 40.9 Å². The number of nitrogens with two attached hydrogens (primary N) is 1. The molecule has 39 heavy (non-hydrogen) atoms. The van der Waals surface area contributed by atoms with E-state index in [-0.39, 0.29) is 40.7 Å². The Balaban J connectivity index is 1.71. The molecule has 0 aliphatic carbocycles. The molecule has 0 fully saturated rings. The Morgan fingerprint density at radius 3 is 2.23 bits per heavy atom. The molecule has 10 nitrogen and oxygen atoms in total. The van der Waals surface area contributed by atoms with Gasteiger partial charge in [0, 0.05) is 35.1 Å². The third-order valence-electron chi connectivity index (χ3n) is 4.91. The third-order valence-corrected chi connectivity index (χ3v) is 5.13. The molecule has 0 radical (unpaired) electrons. The molecule has 5 N–H and O–H groups in total. The van der Waals surface area contributed by atoms with Crippen LogP contribution in [0.1, 0.15) is 47.2 Å². The van der Waals surface area contributed by atoms with Gasteiger partial charge in [-0.3, -0.25) is 9.59 Å². The van der Waals surface area contributed by atoms with Crippen molar-refractivity contribution in [2.75, 3.05) is 24.1 Å². The van der Waals surface area contributed by atoms with Crippen molar-refractivity contribution in [2.45, 2.75) is 32.5 Å². The van der Waals surface area contributed by atoms with E-state index in [1.807, 2.05) is 0 Å². The zero-order valence-electron chi connectivity index (χ0n) is 21.1. The highest BCUT2D eigenvalue weighted by atomic mass is 35.5. The summed E-state index contributed by atoms with van der Waals surface area (Å²) >= 11 is 5.89. The Labute approximate surface area is 226 Å². The maximum Gasteiger partial charge on any atom is 0.434 e. The van der Waals surface area contributed by atoms with E-state index in [0.717, 1.165) is 6.20 Å². The van der Waals surface area contributed by atoms with E-state index in [1.54, 1.807) is 20.8 Å². The van der Waals surface area contributed by atoms with Crippen molar-refractivity contribution in [3.63, 3.8) is 0 Å². The Morgan fingerprint density at radius 2 is 1.64 bits per heavy atom. The van der Waals surface area contributed by atoms with E-state index in [9.17, 15) is 27.6 Å². The van der Waals surface area contributed by atoms with Crippen LogP contribution in [0.3, 0.4) is 0 Å². The number of nitrogens with zero attached hydrogens (tertiary/aromatic N) is 2. The first-order valence-electron chi connectivity index (χ1n) is 11.5. The number of hydrogen-bond acceptors (Lipinski definition) is 6. The summed E-state index contributed by atoms with van der Waals surface area (Å²) in [4.78, 5) is 36.7. The molecular weight excluding hydrogens is 541 g/mol. The normalized spacial score (nSPS) is 11.6. The Kier molecular flexibility index (Phi) is 8.74. The van der Waals surface area contributed by atoms with Gasteiger partial charge in [0.1, 0.15) is 5.60 Å². The van der Waals surface area contributed by atoms with Gasteiger partial charge in [-0.25, -0.2) is 9.48 Å². The molecule has 1 aromatic heterocycles. The number of alkyl halides is 3. The molecule has 14 heteroatoms. The molecular formula is C25H26ClF3N6O4. The van der Waals surface area contributed by atoms with Crippen LogP contribution >= 0.6 is 11.6 Å². The van der Waals surface area contributed by atoms with Gasteiger partial charge in [-0.1, -0.05) is 11.6 Å². The number of carbonyl (C=O) groups is 3. The predicted molar refractivity (Wildman–Crippen MR) is 139 cm³/mol. The Morgan fingerprint density at radius 1 is 1.00 bits per heavy atom. The number of hydrogen-bond donors (Lipinski definition) is 4. The minimum absolute atomic E-state index is 0.0310. The Hall–Kier alpha value is -4.26. The minimum atomic E-state index is -4.94. The van der Waals surface area contributed by atoms with Crippen molar-refractivity contribution in [3.8, 4) is 5.69 Å². The number of aromatic nitrogens is 2. The van der Waals surface area contributed by atoms with Crippen LogP contribution in [0.5, 0.6) is 0 Å². The van der Waals surface area contributed by atoms with E-state index in [1.165, 1.54) is 42.5 Å². The number of halogens is 4. The fraction of sp³-hybridized carbons (Fsp3) is 0.280. The smallest absolute Gasteiger partial charge is 0.434 e. The summed E-state index contributed by atoms with van der Waals surface area (Å²) < 4.78 is 47.6. The van der Waals surface area contributed by atoms with Crippen LogP contribution in [0.15, 0.2) is 48.7 Å². The van der Waals surface area contributed by atoms with Crippen LogP contribution in [-0.4, -0.2) is 46.4 Å². The Bertz CT molecular complexity index is 1350. The molecule has 0 atom stereocenters. The quantitative estimate of drug-likeness (QED) is 0.243. The second kappa shape index (κ2) is 11.6. The zero-order valence-corrected chi connectivity index (χ0v) is 21.9. The largest absolute Gasteiger partial charge is 0.444 e. The number of rotatable bonds is 7.